The Labute approximate surface area is 137 Å². The minimum atomic E-state index is -0.0395. The Kier molecular flexibility index (Phi) is 4.71. The summed E-state index contributed by atoms with van der Waals surface area (Å²) < 4.78 is 0. The Balaban J connectivity index is 1.62. The smallest absolute Gasteiger partial charge is 0.0608 e. The fourth-order valence-corrected chi connectivity index (χ4v) is 5.54. The molecular weight excluding hydrogens is 270 g/mol. The molecule has 1 N–H and O–H groups in total. The van der Waals surface area contributed by atoms with Crippen molar-refractivity contribution in [3.63, 3.8) is 0 Å². The molecule has 2 fully saturated rings. The SMILES string of the molecule is CC1=C(CCN2CCC[C@]3(CCC[C@H]3O)C2)C(C)(C)CCC1. The molecule has 126 valence electrons. The van der Waals surface area contributed by atoms with Gasteiger partial charge in [0.2, 0.25) is 0 Å². The van der Waals surface area contributed by atoms with E-state index in [-0.39, 0.29) is 11.5 Å². The van der Waals surface area contributed by atoms with E-state index in [2.05, 4.69) is 25.7 Å². The van der Waals surface area contributed by atoms with Gasteiger partial charge in [0, 0.05) is 18.5 Å². The van der Waals surface area contributed by atoms with E-state index in [4.69, 9.17) is 0 Å². The lowest BCUT2D eigenvalue weighted by molar-refractivity contribution is -0.00940. The van der Waals surface area contributed by atoms with E-state index in [9.17, 15) is 5.11 Å². The second-order valence-electron chi connectivity index (χ2n) is 8.90. The van der Waals surface area contributed by atoms with E-state index in [1.165, 1.54) is 64.5 Å². The highest BCUT2D eigenvalue weighted by atomic mass is 16.3. The molecule has 1 saturated heterocycles. The zero-order valence-electron chi connectivity index (χ0n) is 15.0. The zero-order chi connectivity index (χ0) is 15.8. The number of aliphatic hydroxyl groups excluding tert-OH is 1. The van der Waals surface area contributed by atoms with E-state index in [0.717, 1.165) is 13.0 Å². The van der Waals surface area contributed by atoms with Crippen molar-refractivity contribution in [2.75, 3.05) is 19.6 Å². The standard InChI is InChI=1S/C20H35NO/c1-16-7-4-10-19(2,3)17(16)9-14-21-13-6-12-20(15-21)11-5-8-18(20)22/h18,22H,4-15H2,1-3H3/t18-,20-/m1/s1. The molecular formula is C20H35NO. The summed E-state index contributed by atoms with van der Waals surface area (Å²) in [5.74, 6) is 0. The summed E-state index contributed by atoms with van der Waals surface area (Å²) in [6.45, 7) is 10.8. The van der Waals surface area contributed by atoms with Crippen LogP contribution in [0.3, 0.4) is 0 Å². The zero-order valence-corrected chi connectivity index (χ0v) is 15.0. The van der Waals surface area contributed by atoms with Crippen LogP contribution in [-0.4, -0.2) is 35.7 Å². The molecule has 0 amide bonds. The van der Waals surface area contributed by atoms with Crippen molar-refractivity contribution in [2.45, 2.75) is 84.7 Å². The Morgan fingerprint density at radius 3 is 2.59 bits per heavy atom. The first-order valence-electron chi connectivity index (χ1n) is 9.53. The van der Waals surface area contributed by atoms with Gasteiger partial charge in [0.15, 0.2) is 0 Å². The Bertz CT molecular complexity index is 439. The fourth-order valence-electron chi connectivity index (χ4n) is 5.54. The third kappa shape index (κ3) is 3.14. The summed E-state index contributed by atoms with van der Waals surface area (Å²) in [5.41, 5.74) is 4.03. The second kappa shape index (κ2) is 6.28. The molecule has 2 atom stereocenters. The lowest BCUT2D eigenvalue weighted by Gasteiger charge is -2.43. The van der Waals surface area contributed by atoms with Crippen LogP contribution in [0.15, 0.2) is 11.1 Å². The minimum Gasteiger partial charge on any atom is -0.393 e. The monoisotopic (exact) mass is 305 g/mol. The number of nitrogens with zero attached hydrogens (tertiary/aromatic N) is 1. The van der Waals surface area contributed by atoms with Crippen LogP contribution in [0.2, 0.25) is 0 Å². The van der Waals surface area contributed by atoms with Crippen LogP contribution in [-0.2, 0) is 0 Å². The van der Waals surface area contributed by atoms with Crippen molar-refractivity contribution in [2.24, 2.45) is 10.8 Å². The molecule has 0 aromatic carbocycles. The molecule has 1 aliphatic heterocycles. The predicted molar refractivity (Wildman–Crippen MR) is 92.9 cm³/mol. The molecule has 22 heavy (non-hydrogen) atoms. The molecule has 0 aromatic rings. The largest absolute Gasteiger partial charge is 0.393 e. The quantitative estimate of drug-likeness (QED) is 0.774. The summed E-state index contributed by atoms with van der Waals surface area (Å²) in [6.07, 6.45) is 11.3. The van der Waals surface area contributed by atoms with E-state index >= 15 is 0 Å². The Hall–Kier alpha value is -0.340. The van der Waals surface area contributed by atoms with Crippen LogP contribution >= 0.6 is 0 Å². The van der Waals surface area contributed by atoms with Crippen LogP contribution in [0.25, 0.3) is 0 Å². The van der Waals surface area contributed by atoms with E-state index < -0.39 is 0 Å². The van der Waals surface area contributed by atoms with Gasteiger partial charge >= 0.3 is 0 Å². The highest BCUT2D eigenvalue weighted by Gasteiger charge is 2.44. The maximum Gasteiger partial charge on any atom is 0.0608 e. The lowest BCUT2D eigenvalue weighted by Crippen LogP contribution is -2.47. The summed E-state index contributed by atoms with van der Waals surface area (Å²) in [7, 11) is 0. The molecule has 1 heterocycles. The number of likely N-dealkylation sites (tertiary alicyclic amines) is 1. The number of hydrogen-bond acceptors (Lipinski definition) is 2. The molecule has 2 heteroatoms. The van der Waals surface area contributed by atoms with Crippen LogP contribution in [0.4, 0.5) is 0 Å². The number of hydrogen-bond donors (Lipinski definition) is 1. The van der Waals surface area contributed by atoms with Crippen LogP contribution in [0.1, 0.15) is 78.6 Å². The molecule has 2 nitrogen and oxygen atoms in total. The molecule has 0 aromatic heterocycles. The van der Waals surface area contributed by atoms with Gasteiger partial charge in [0.1, 0.15) is 0 Å². The van der Waals surface area contributed by atoms with Crippen molar-refractivity contribution < 1.29 is 5.11 Å². The van der Waals surface area contributed by atoms with Gasteiger partial charge in [-0.25, -0.2) is 0 Å². The van der Waals surface area contributed by atoms with Crippen molar-refractivity contribution in [1.29, 1.82) is 0 Å². The molecule has 0 radical (unpaired) electrons. The average Bonchev–Trinajstić information content (AvgIpc) is 2.78. The van der Waals surface area contributed by atoms with Gasteiger partial charge in [-0.05, 0) is 70.3 Å². The normalized spacial score (nSPS) is 36.3. The molecule has 3 rings (SSSR count). The van der Waals surface area contributed by atoms with Crippen molar-refractivity contribution >= 4 is 0 Å². The first-order valence-corrected chi connectivity index (χ1v) is 9.53. The minimum absolute atomic E-state index is 0.0395. The number of allylic oxidation sites excluding steroid dienone is 1. The average molecular weight is 306 g/mol. The topological polar surface area (TPSA) is 23.5 Å². The maximum atomic E-state index is 10.4. The predicted octanol–water partition coefficient (Wildman–Crippen LogP) is 4.53. The van der Waals surface area contributed by atoms with Gasteiger partial charge < -0.3 is 10.0 Å². The highest BCUT2D eigenvalue weighted by molar-refractivity contribution is 5.22. The van der Waals surface area contributed by atoms with Crippen molar-refractivity contribution in [3.8, 4) is 0 Å². The van der Waals surface area contributed by atoms with Crippen LogP contribution in [0.5, 0.6) is 0 Å². The first-order chi connectivity index (χ1) is 10.4. The van der Waals surface area contributed by atoms with Gasteiger partial charge in [-0.15, -0.1) is 0 Å². The molecule has 0 unspecified atom stereocenters. The van der Waals surface area contributed by atoms with Gasteiger partial charge in [0.05, 0.1) is 6.10 Å². The third-order valence-electron chi connectivity index (χ3n) is 6.91. The molecule has 1 saturated carbocycles. The van der Waals surface area contributed by atoms with Crippen molar-refractivity contribution in [3.05, 3.63) is 11.1 Å². The Morgan fingerprint density at radius 2 is 1.91 bits per heavy atom. The molecule has 3 aliphatic rings. The lowest BCUT2D eigenvalue weighted by atomic mass is 9.71. The maximum absolute atomic E-state index is 10.4. The molecule has 0 bridgehead atoms. The fraction of sp³-hybridized carbons (Fsp3) is 0.900. The molecule has 2 aliphatic carbocycles. The van der Waals surface area contributed by atoms with Crippen molar-refractivity contribution in [1.82, 2.24) is 4.90 Å². The van der Waals surface area contributed by atoms with Gasteiger partial charge in [-0.1, -0.05) is 31.4 Å². The Morgan fingerprint density at radius 1 is 1.14 bits per heavy atom. The highest BCUT2D eigenvalue weighted by Crippen LogP contribution is 2.46. The second-order valence-corrected chi connectivity index (χ2v) is 8.90. The summed E-state index contributed by atoms with van der Waals surface area (Å²) in [5, 5.41) is 10.4. The van der Waals surface area contributed by atoms with E-state index in [1.807, 2.05) is 0 Å². The number of rotatable bonds is 3. The van der Waals surface area contributed by atoms with Crippen LogP contribution < -0.4 is 0 Å². The van der Waals surface area contributed by atoms with Gasteiger partial charge in [-0.3, -0.25) is 0 Å². The van der Waals surface area contributed by atoms with Gasteiger partial charge in [-0.2, -0.15) is 0 Å². The number of piperidine rings is 1. The summed E-state index contributed by atoms with van der Waals surface area (Å²) in [6, 6.07) is 0. The first kappa shape index (κ1) is 16.5. The van der Waals surface area contributed by atoms with Gasteiger partial charge in [0.25, 0.3) is 0 Å². The summed E-state index contributed by atoms with van der Waals surface area (Å²) >= 11 is 0. The summed E-state index contributed by atoms with van der Waals surface area (Å²) in [4.78, 5) is 2.66. The molecule has 1 spiro atoms. The van der Waals surface area contributed by atoms with Crippen LogP contribution in [0, 0.1) is 10.8 Å². The van der Waals surface area contributed by atoms with E-state index in [0.29, 0.717) is 5.41 Å². The van der Waals surface area contributed by atoms with E-state index in [1.54, 1.807) is 11.1 Å². The third-order valence-corrected chi connectivity index (χ3v) is 6.91. The number of aliphatic hydroxyl groups is 1.